The molecule has 1 nitrogen and oxygen atoms in total. The van der Waals surface area contributed by atoms with Gasteiger partial charge in [-0.15, -0.1) is 11.8 Å². The average molecular weight is 192 g/mol. The molecular weight excluding hydrogens is 180 g/mol. The van der Waals surface area contributed by atoms with Gasteiger partial charge in [-0.05, 0) is 18.1 Å². The van der Waals surface area contributed by atoms with Crippen molar-refractivity contribution in [1.29, 1.82) is 0 Å². The van der Waals surface area contributed by atoms with Crippen molar-refractivity contribution in [1.82, 2.24) is 0 Å². The van der Waals surface area contributed by atoms with E-state index in [2.05, 4.69) is 19.9 Å². The fourth-order valence-electron chi connectivity index (χ4n) is 1.65. The van der Waals surface area contributed by atoms with Crippen LogP contribution in [0.5, 0.6) is 0 Å². The highest BCUT2D eigenvalue weighted by atomic mass is 32.2. The van der Waals surface area contributed by atoms with Crippen molar-refractivity contribution >= 4 is 11.8 Å². The molecule has 0 N–H and O–H groups in total. The minimum absolute atomic E-state index is 0.163. The molecule has 2 rings (SSSR count). The monoisotopic (exact) mass is 192 g/mol. The molecule has 0 aromatic heterocycles. The van der Waals surface area contributed by atoms with E-state index in [1.807, 2.05) is 12.1 Å². The van der Waals surface area contributed by atoms with E-state index in [4.69, 9.17) is 0 Å². The molecule has 0 bridgehead atoms. The molecular formula is C11H12OS. The Morgan fingerprint density at radius 2 is 2.00 bits per heavy atom. The summed E-state index contributed by atoms with van der Waals surface area (Å²) in [6.07, 6.45) is 0.997. The summed E-state index contributed by atoms with van der Waals surface area (Å²) in [5.41, 5.74) is 1.36. The SMILES string of the molecule is CC1(C)Cc2ccccc(=O)c2S1. The van der Waals surface area contributed by atoms with Gasteiger partial charge in [-0.3, -0.25) is 4.79 Å². The van der Waals surface area contributed by atoms with Gasteiger partial charge in [0.15, 0.2) is 5.43 Å². The molecule has 1 aromatic carbocycles. The Morgan fingerprint density at radius 1 is 1.31 bits per heavy atom. The zero-order valence-corrected chi connectivity index (χ0v) is 8.65. The normalized spacial score (nSPS) is 18.3. The van der Waals surface area contributed by atoms with E-state index in [-0.39, 0.29) is 10.2 Å². The Bertz CT molecular complexity index is 396. The third-order valence-electron chi connectivity index (χ3n) is 2.17. The van der Waals surface area contributed by atoms with Gasteiger partial charge in [0.25, 0.3) is 0 Å². The van der Waals surface area contributed by atoms with Gasteiger partial charge in [0.2, 0.25) is 0 Å². The molecule has 0 atom stereocenters. The molecule has 0 amide bonds. The smallest absolute Gasteiger partial charge is 0.192 e. The predicted molar refractivity (Wildman–Crippen MR) is 56.4 cm³/mol. The van der Waals surface area contributed by atoms with Crippen LogP contribution in [0.3, 0.4) is 0 Å². The summed E-state index contributed by atoms with van der Waals surface area (Å²) in [5.74, 6) is 0. The fourth-order valence-corrected chi connectivity index (χ4v) is 2.87. The lowest BCUT2D eigenvalue weighted by Gasteiger charge is -2.13. The van der Waals surface area contributed by atoms with Gasteiger partial charge in [0.1, 0.15) is 0 Å². The van der Waals surface area contributed by atoms with Crippen molar-refractivity contribution in [3.05, 3.63) is 40.1 Å². The van der Waals surface area contributed by atoms with Crippen LogP contribution >= 0.6 is 11.8 Å². The van der Waals surface area contributed by atoms with Gasteiger partial charge in [-0.1, -0.05) is 32.0 Å². The zero-order chi connectivity index (χ0) is 9.47. The zero-order valence-electron chi connectivity index (χ0n) is 7.83. The molecule has 68 valence electrons. The third kappa shape index (κ3) is 1.63. The number of thioether (sulfide) groups is 1. The van der Waals surface area contributed by atoms with Crippen molar-refractivity contribution in [3.8, 4) is 0 Å². The molecule has 0 aliphatic carbocycles. The summed E-state index contributed by atoms with van der Waals surface area (Å²) < 4.78 is 0.190. The second kappa shape index (κ2) is 2.88. The third-order valence-corrected chi connectivity index (χ3v) is 3.53. The Hall–Kier alpha value is -0.760. The summed E-state index contributed by atoms with van der Waals surface area (Å²) in [6.45, 7) is 4.36. The number of rotatable bonds is 0. The molecule has 0 fully saturated rings. The first-order valence-corrected chi connectivity index (χ1v) is 5.21. The Labute approximate surface area is 82.2 Å². The van der Waals surface area contributed by atoms with Crippen LogP contribution in [0, 0.1) is 0 Å². The number of hydrogen-bond donors (Lipinski definition) is 0. The highest BCUT2D eigenvalue weighted by Gasteiger charge is 2.29. The molecule has 0 saturated heterocycles. The molecule has 0 saturated carbocycles. The summed E-state index contributed by atoms with van der Waals surface area (Å²) in [7, 11) is 0. The highest BCUT2D eigenvalue weighted by Crippen LogP contribution is 2.42. The summed E-state index contributed by atoms with van der Waals surface area (Å²) in [5, 5.41) is 0. The molecule has 13 heavy (non-hydrogen) atoms. The number of hydrogen-bond acceptors (Lipinski definition) is 2. The van der Waals surface area contributed by atoms with Gasteiger partial charge in [0.05, 0.1) is 4.90 Å². The van der Waals surface area contributed by atoms with Gasteiger partial charge in [-0.2, -0.15) is 0 Å². The lowest BCUT2D eigenvalue weighted by Crippen LogP contribution is -2.11. The molecule has 0 unspecified atom stereocenters. The van der Waals surface area contributed by atoms with Crippen molar-refractivity contribution in [3.63, 3.8) is 0 Å². The van der Waals surface area contributed by atoms with E-state index in [1.165, 1.54) is 5.56 Å². The van der Waals surface area contributed by atoms with Crippen LogP contribution in [-0.2, 0) is 6.42 Å². The molecule has 1 aliphatic rings. The van der Waals surface area contributed by atoms with Gasteiger partial charge < -0.3 is 0 Å². The minimum Gasteiger partial charge on any atom is -0.289 e. The van der Waals surface area contributed by atoms with Gasteiger partial charge >= 0.3 is 0 Å². The summed E-state index contributed by atoms with van der Waals surface area (Å²) in [6, 6.07) is 7.46. The quantitative estimate of drug-likeness (QED) is 0.628. The molecule has 2 heteroatoms. The van der Waals surface area contributed by atoms with E-state index < -0.39 is 0 Å². The van der Waals surface area contributed by atoms with E-state index in [1.54, 1.807) is 17.8 Å². The number of fused-ring (bicyclic) bond motifs is 1. The molecule has 0 spiro atoms. The van der Waals surface area contributed by atoms with E-state index >= 15 is 0 Å². The fraction of sp³-hybridized carbons (Fsp3) is 0.364. The van der Waals surface area contributed by atoms with Crippen LogP contribution in [-0.4, -0.2) is 4.75 Å². The van der Waals surface area contributed by atoms with Gasteiger partial charge in [-0.25, -0.2) is 0 Å². The Morgan fingerprint density at radius 3 is 2.77 bits per heavy atom. The molecule has 1 aromatic rings. The summed E-state index contributed by atoms with van der Waals surface area (Å²) >= 11 is 1.70. The standard InChI is InChI=1S/C11H12OS/c1-11(2)7-8-5-3-4-6-9(12)10(8)13-11/h3-6H,7H2,1-2H3. The lowest BCUT2D eigenvalue weighted by atomic mass is 10.0. The van der Waals surface area contributed by atoms with Gasteiger partial charge in [0, 0.05) is 4.75 Å². The van der Waals surface area contributed by atoms with Crippen molar-refractivity contribution in [2.24, 2.45) is 0 Å². The highest BCUT2D eigenvalue weighted by molar-refractivity contribution is 8.01. The average Bonchev–Trinajstić information content (AvgIpc) is 2.26. The van der Waals surface area contributed by atoms with E-state index in [9.17, 15) is 4.79 Å². The van der Waals surface area contributed by atoms with Crippen LogP contribution in [0.2, 0.25) is 0 Å². The Kier molecular flexibility index (Phi) is 1.95. The first kappa shape index (κ1) is 8.82. The first-order chi connectivity index (χ1) is 6.08. The largest absolute Gasteiger partial charge is 0.289 e. The van der Waals surface area contributed by atoms with E-state index in [0.717, 1.165) is 11.3 Å². The maximum absolute atomic E-state index is 11.6. The minimum atomic E-state index is 0.163. The van der Waals surface area contributed by atoms with Crippen LogP contribution in [0.4, 0.5) is 0 Å². The first-order valence-electron chi connectivity index (χ1n) is 4.40. The molecule has 0 radical (unpaired) electrons. The van der Waals surface area contributed by atoms with Crippen molar-refractivity contribution in [2.75, 3.05) is 0 Å². The second-order valence-corrected chi connectivity index (χ2v) is 5.69. The maximum atomic E-state index is 11.6. The second-order valence-electron chi connectivity index (χ2n) is 3.98. The van der Waals surface area contributed by atoms with Crippen LogP contribution < -0.4 is 5.43 Å². The summed E-state index contributed by atoms with van der Waals surface area (Å²) in [4.78, 5) is 12.5. The van der Waals surface area contributed by atoms with Crippen LogP contribution in [0.25, 0.3) is 0 Å². The van der Waals surface area contributed by atoms with Crippen LogP contribution in [0.15, 0.2) is 34.0 Å². The topological polar surface area (TPSA) is 17.1 Å². The molecule has 1 aliphatic heterocycles. The van der Waals surface area contributed by atoms with Crippen molar-refractivity contribution < 1.29 is 0 Å². The van der Waals surface area contributed by atoms with E-state index in [0.29, 0.717) is 0 Å². The Balaban J connectivity index is 2.62. The lowest BCUT2D eigenvalue weighted by molar-refractivity contribution is 0.724. The van der Waals surface area contributed by atoms with Crippen LogP contribution in [0.1, 0.15) is 19.4 Å². The maximum Gasteiger partial charge on any atom is 0.192 e. The predicted octanol–water partition coefficient (Wildman–Crippen LogP) is 2.47. The molecule has 1 heterocycles. The van der Waals surface area contributed by atoms with Crippen molar-refractivity contribution in [2.45, 2.75) is 29.9 Å².